The molecular formula is C10H14N2O2. The van der Waals surface area contributed by atoms with E-state index in [4.69, 9.17) is 4.74 Å². The van der Waals surface area contributed by atoms with Crippen LogP contribution in [0.3, 0.4) is 0 Å². The summed E-state index contributed by atoms with van der Waals surface area (Å²) in [6.07, 6.45) is 5.45. The van der Waals surface area contributed by atoms with Crippen LogP contribution < -0.4 is 10.4 Å². The third kappa shape index (κ3) is 2.45. The summed E-state index contributed by atoms with van der Waals surface area (Å²) in [6.45, 7) is 4.21. The van der Waals surface area contributed by atoms with Crippen molar-refractivity contribution in [2.45, 2.75) is 13.8 Å². The zero-order chi connectivity index (χ0) is 10.6. The average molecular weight is 194 g/mol. The van der Waals surface area contributed by atoms with E-state index in [0.717, 1.165) is 5.56 Å². The molecule has 14 heavy (non-hydrogen) atoms. The second-order valence-electron chi connectivity index (χ2n) is 3.00. The Morgan fingerprint density at radius 1 is 1.64 bits per heavy atom. The topological polar surface area (TPSA) is 44.1 Å². The Labute approximate surface area is 82.9 Å². The highest BCUT2D eigenvalue weighted by Gasteiger charge is 2.02. The van der Waals surface area contributed by atoms with Crippen LogP contribution in [0.5, 0.6) is 5.88 Å². The number of ether oxygens (including phenoxy) is 1. The third-order valence-electron chi connectivity index (χ3n) is 1.78. The molecule has 4 nitrogen and oxygen atoms in total. The van der Waals surface area contributed by atoms with Gasteiger partial charge in [0.2, 0.25) is 5.88 Å². The number of aryl methyl sites for hydroxylation is 2. The molecule has 4 heteroatoms. The van der Waals surface area contributed by atoms with Crippen LogP contribution in [0.25, 0.3) is 0 Å². The van der Waals surface area contributed by atoms with Gasteiger partial charge in [-0.25, -0.2) is 4.79 Å². The van der Waals surface area contributed by atoms with Gasteiger partial charge in [0.15, 0.2) is 0 Å². The molecule has 0 unspecified atom stereocenters. The summed E-state index contributed by atoms with van der Waals surface area (Å²) < 4.78 is 6.73. The zero-order valence-corrected chi connectivity index (χ0v) is 8.65. The van der Waals surface area contributed by atoms with Gasteiger partial charge in [0.25, 0.3) is 0 Å². The predicted octanol–water partition coefficient (Wildman–Crippen LogP) is 1.04. The maximum Gasteiger partial charge on any atom is 0.350 e. The van der Waals surface area contributed by atoms with Gasteiger partial charge in [-0.05, 0) is 13.8 Å². The maximum atomic E-state index is 11.2. The van der Waals surface area contributed by atoms with Gasteiger partial charge in [-0.3, -0.25) is 0 Å². The molecule has 0 amide bonds. The van der Waals surface area contributed by atoms with Gasteiger partial charge in [-0.1, -0.05) is 12.2 Å². The van der Waals surface area contributed by atoms with E-state index in [1.54, 1.807) is 13.2 Å². The van der Waals surface area contributed by atoms with Crippen molar-refractivity contribution in [2.75, 3.05) is 6.61 Å². The lowest BCUT2D eigenvalue weighted by atomic mass is 10.4. The summed E-state index contributed by atoms with van der Waals surface area (Å²) >= 11 is 0. The fourth-order valence-electron chi connectivity index (χ4n) is 1.02. The van der Waals surface area contributed by atoms with E-state index in [0.29, 0.717) is 12.5 Å². The predicted molar refractivity (Wildman–Crippen MR) is 54.5 cm³/mol. The lowest BCUT2D eigenvalue weighted by Gasteiger charge is -2.06. The quantitative estimate of drug-likeness (QED) is 0.675. The largest absolute Gasteiger partial charge is 0.473 e. The summed E-state index contributed by atoms with van der Waals surface area (Å²) in [6, 6.07) is 0. The van der Waals surface area contributed by atoms with E-state index in [1.807, 2.05) is 26.0 Å². The van der Waals surface area contributed by atoms with Crippen LogP contribution in [0, 0.1) is 6.92 Å². The van der Waals surface area contributed by atoms with E-state index < -0.39 is 0 Å². The Bertz CT molecular complexity index is 394. The molecule has 1 aromatic heterocycles. The number of nitrogens with zero attached hydrogens (tertiary/aromatic N) is 2. The minimum atomic E-state index is -0.300. The van der Waals surface area contributed by atoms with Crippen LogP contribution in [-0.4, -0.2) is 16.2 Å². The molecule has 0 bridgehead atoms. The molecule has 0 N–H and O–H groups in total. The van der Waals surface area contributed by atoms with Crippen LogP contribution in [0.2, 0.25) is 0 Å². The van der Waals surface area contributed by atoms with Crippen molar-refractivity contribution in [3.8, 4) is 5.88 Å². The molecule has 1 heterocycles. The van der Waals surface area contributed by atoms with Crippen LogP contribution in [-0.2, 0) is 7.05 Å². The summed E-state index contributed by atoms with van der Waals surface area (Å²) in [5, 5.41) is 0. The minimum absolute atomic E-state index is 0.300. The van der Waals surface area contributed by atoms with Crippen molar-refractivity contribution in [2.24, 2.45) is 7.05 Å². The van der Waals surface area contributed by atoms with E-state index in [9.17, 15) is 4.79 Å². The third-order valence-corrected chi connectivity index (χ3v) is 1.78. The number of hydrogen-bond acceptors (Lipinski definition) is 3. The molecule has 1 rings (SSSR count). The highest BCUT2D eigenvalue weighted by Crippen LogP contribution is 2.09. The zero-order valence-electron chi connectivity index (χ0n) is 8.65. The molecular weight excluding hydrogens is 180 g/mol. The van der Waals surface area contributed by atoms with E-state index in [2.05, 4.69) is 4.98 Å². The first-order chi connectivity index (χ1) is 6.65. The first kappa shape index (κ1) is 10.5. The summed E-state index contributed by atoms with van der Waals surface area (Å²) in [4.78, 5) is 15.0. The van der Waals surface area contributed by atoms with Gasteiger partial charge in [0, 0.05) is 18.8 Å². The first-order valence-corrected chi connectivity index (χ1v) is 4.43. The summed E-state index contributed by atoms with van der Waals surface area (Å²) in [5.41, 5.74) is 0.558. The molecule has 0 saturated heterocycles. The SMILES string of the molecule is C/C=C/COc1nc(=O)n(C)cc1C. The van der Waals surface area contributed by atoms with E-state index >= 15 is 0 Å². The van der Waals surface area contributed by atoms with Crippen LogP contribution >= 0.6 is 0 Å². The minimum Gasteiger partial charge on any atom is -0.473 e. The van der Waals surface area contributed by atoms with E-state index in [1.165, 1.54) is 4.57 Å². The second kappa shape index (κ2) is 4.60. The summed E-state index contributed by atoms with van der Waals surface area (Å²) in [5.74, 6) is 0.409. The van der Waals surface area contributed by atoms with Gasteiger partial charge < -0.3 is 9.30 Å². The van der Waals surface area contributed by atoms with Crippen molar-refractivity contribution in [3.05, 3.63) is 34.4 Å². The Balaban J connectivity index is 2.87. The molecule has 0 aliphatic carbocycles. The molecule has 1 aromatic rings. The highest BCUT2D eigenvalue weighted by atomic mass is 16.5. The van der Waals surface area contributed by atoms with Gasteiger partial charge in [0.05, 0.1) is 0 Å². The molecule has 0 spiro atoms. The maximum absolute atomic E-state index is 11.2. The van der Waals surface area contributed by atoms with Gasteiger partial charge in [-0.15, -0.1) is 0 Å². The van der Waals surface area contributed by atoms with E-state index in [-0.39, 0.29) is 5.69 Å². The highest BCUT2D eigenvalue weighted by molar-refractivity contribution is 5.20. The van der Waals surface area contributed by atoms with Crippen LogP contribution in [0.1, 0.15) is 12.5 Å². The lowest BCUT2D eigenvalue weighted by Crippen LogP contribution is -2.20. The smallest absolute Gasteiger partial charge is 0.350 e. The molecule has 0 radical (unpaired) electrons. The van der Waals surface area contributed by atoms with Crippen molar-refractivity contribution in [1.82, 2.24) is 9.55 Å². The lowest BCUT2D eigenvalue weighted by molar-refractivity contribution is 0.341. The summed E-state index contributed by atoms with van der Waals surface area (Å²) in [7, 11) is 1.66. The molecule has 0 aliphatic rings. The molecule has 0 fully saturated rings. The Hall–Kier alpha value is -1.58. The number of hydrogen-bond donors (Lipinski definition) is 0. The Morgan fingerprint density at radius 3 is 3.00 bits per heavy atom. The van der Waals surface area contributed by atoms with Gasteiger partial charge >= 0.3 is 5.69 Å². The second-order valence-corrected chi connectivity index (χ2v) is 3.00. The van der Waals surface area contributed by atoms with Gasteiger partial charge in [-0.2, -0.15) is 4.98 Å². The van der Waals surface area contributed by atoms with Crippen LogP contribution in [0.15, 0.2) is 23.1 Å². The van der Waals surface area contributed by atoms with Crippen molar-refractivity contribution in [1.29, 1.82) is 0 Å². The fourth-order valence-corrected chi connectivity index (χ4v) is 1.02. The number of aromatic nitrogens is 2. The standard InChI is InChI=1S/C10H14N2O2/c1-4-5-6-14-9-8(2)7-12(3)10(13)11-9/h4-5,7H,6H2,1-3H3/b5-4+. The Morgan fingerprint density at radius 2 is 2.36 bits per heavy atom. The van der Waals surface area contributed by atoms with Crippen molar-refractivity contribution < 1.29 is 4.74 Å². The molecule has 0 saturated carbocycles. The average Bonchev–Trinajstić information content (AvgIpc) is 2.14. The molecule has 0 aliphatic heterocycles. The van der Waals surface area contributed by atoms with Crippen molar-refractivity contribution >= 4 is 0 Å². The number of rotatable bonds is 3. The van der Waals surface area contributed by atoms with Crippen molar-refractivity contribution in [3.63, 3.8) is 0 Å². The Kier molecular flexibility index (Phi) is 3.45. The molecule has 76 valence electrons. The monoisotopic (exact) mass is 194 g/mol. The van der Waals surface area contributed by atoms with Gasteiger partial charge in [0.1, 0.15) is 6.61 Å². The first-order valence-electron chi connectivity index (χ1n) is 4.43. The molecule has 0 atom stereocenters. The van der Waals surface area contributed by atoms with Crippen LogP contribution in [0.4, 0.5) is 0 Å². The fraction of sp³-hybridized carbons (Fsp3) is 0.400. The molecule has 0 aromatic carbocycles. The normalized spacial score (nSPS) is 10.8. The number of allylic oxidation sites excluding steroid dienone is 1.